The summed E-state index contributed by atoms with van der Waals surface area (Å²) in [7, 11) is 0. The molecule has 0 amide bonds. The van der Waals surface area contributed by atoms with E-state index in [4.69, 9.17) is 11.6 Å². The quantitative estimate of drug-likeness (QED) is 0.810. The van der Waals surface area contributed by atoms with Crippen molar-refractivity contribution in [1.29, 1.82) is 0 Å². The van der Waals surface area contributed by atoms with Gasteiger partial charge in [0.25, 0.3) is 0 Å². The molecule has 0 saturated heterocycles. The van der Waals surface area contributed by atoms with Crippen LogP contribution in [0, 0.1) is 6.92 Å². The van der Waals surface area contributed by atoms with Crippen LogP contribution in [-0.2, 0) is 0 Å². The van der Waals surface area contributed by atoms with Gasteiger partial charge < -0.3 is 5.32 Å². The maximum atomic E-state index is 5.91. The SMILES string of the molecule is CSCCC(C)Nc1ncnc(Cl)c1C. The predicted molar refractivity (Wildman–Crippen MR) is 67.9 cm³/mol. The first kappa shape index (κ1) is 12.6. The standard InChI is InChI=1S/C10H16ClN3S/c1-7(4-5-15-3)14-10-8(2)9(11)12-6-13-10/h6-7H,4-5H2,1-3H3,(H,12,13,14). The third-order valence-corrected chi connectivity index (χ3v) is 3.19. The molecular weight excluding hydrogens is 230 g/mol. The minimum absolute atomic E-state index is 0.405. The van der Waals surface area contributed by atoms with E-state index in [-0.39, 0.29) is 0 Å². The van der Waals surface area contributed by atoms with Gasteiger partial charge in [0.15, 0.2) is 0 Å². The van der Waals surface area contributed by atoms with Crippen LogP contribution >= 0.6 is 23.4 Å². The van der Waals surface area contributed by atoms with Gasteiger partial charge in [-0.1, -0.05) is 11.6 Å². The summed E-state index contributed by atoms with van der Waals surface area (Å²) >= 11 is 7.76. The van der Waals surface area contributed by atoms with Crippen molar-refractivity contribution in [3.8, 4) is 0 Å². The van der Waals surface area contributed by atoms with Gasteiger partial charge in [0.1, 0.15) is 17.3 Å². The third-order valence-electron chi connectivity index (χ3n) is 2.16. The number of hydrogen-bond acceptors (Lipinski definition) is 4. The van der Waals surface area contributed by atoms with Gasteiger partial charge in [-0.15, -0.1) is 0 Å². The third kappa shape index (κ3) is 3.87. The summed E-state index contributed by atoms with van der Waals surface area (Å²) in [6, 6.07) is 0.405. The summed E-state index contributed by atoms with van der Waals surface area (Å²) in [4.78, 5) is 8.09. The Balaban J connectivity index is 2.60. The van der Waals surface area contributed by atoms with Crippen molar-refractivity contribution in [3.05, 3.63) is 17.0 Å². The lowest BCUT2D eigenvalue weighted by atomic mass is 10.2. The van der Waals surface area contributed by atoms with Crippen molar-refractivity contribution in [2.45, 2.75) is 26.3 Å². The normalized spacial score (nSPS) is 12.5. The average Bonchev–Trinajstić information content (AvgIpc) is 2.22. The van der Waals surface area contributed by atoms with Gasteiger partial charge in [0.2, 0.25) is 0 Å². The van der Waals surface area contributed by atoms with Crippen LogP contribution in [0.3, 0.4) is 0 Å². The van der Waals surface area contributed by atoms with Gasteiger partial charge in [-0.05, 0) is 32.3 Å². The largest absolute Gasteiger partial charge is 0.367 e. The molecule has 5 heteroatoms. The highest BCUT2D eigenvalue weighted by atomic mass is 35.5. The molecule has 0 aliphatic carbocycles. The number of nitrogens with one attached hydrogen (secondary N) is 1. The maximum absolute atomic E-state index is 5.91. The van der Waals surface area contributed by atoms with Crippen molar-refractivity contribution < 1.29 is 0 Å². The molecule has 1 rings (SSSR count). The molecule has 1 aromatic rings. The number of halogens is 1. The molecule has 1 N–H and O–H groups in total. The van der Waals surface area contributed by atoms with Crippen LogP contribution in [0.4, 0.5) is 5.82 Å². The zero-order chi connectivity index (χ0) is 11.3. The number of hydrogen-bond donors (Lipinski definition) is 1. The molecule has 1 unspecified atom stereocenters. The molecule has 0 fully saturated rings. The number of thioether (sulfide) groups is 1. The van der Waals surface area contributed by atoms with Gasteiger partial charge in [0, 0.05) is 11.6 Å². The lowest BCUT2D eigenvalue weighted by Crippen LogP contribution is -2.17. The highest BCUT2D eigenvalue weighted by Crippen LogP contribution is 2.19. The first-order valence-corrected chi connectivity index (χ1v) is 6.65. The van der Waals surface area contributed by atoms with Gasteiger partial charge in [-0.2, -0.15) is 11.8 Å². The molecule has 0 spiro atoms. The van der Waals surface area contributed by atoms with Gasteiger partial charge in [-0.3, -0.25) is 0 Å². The highest BCUT2D eigenvalue weighted by Gasteiger charge is 2.07. The zero-order valence-corrected chi connectivity index (χ0v) is 10.8. The Bertz CT molecular complexity index is 320. The fraction of sp³-hybridized carbons (Fsp3) is 0.600. The highest BCUT2D eigenvalue weighted by molar-refractivity contribution is 7.98. The molecule has 0 bridgehead atoms. The molecule has 15 heavy (non-hydrogen) atoms. The lowest BCUT2D eigenvalue weighted by Gasteiger charge is -2.15. The average molecular weight is 246 g/mol. The van der Waals surface area contributed by atoms with Crippen molar-refractivity contribution in [1.82, 2.24) is 9.97 Å². The molecule has 0 aliphatic heterocycles. The second-order valence-corrected chi connectivity index (χ2v) is 4.81. The van der Waals surface area contributed by atoms with Gasteiger partial charge >= 0.3 is 0 Å². The molecule has 0 aliphatic rings. The minimum atomic E-state index is 0.405. The van der Waals surface area contributed by atoms with E-state index in [1.165, 1.54) is 6.33 Å². The first-order chi connectivity index (χ1) is 7.15. The fourth-order valence-corrected chi connectivity index (χ4v) is 1.90. The Hall–Kier alpha value is -0.480. The van der Waals surface area contributed by atoms with E-state index >= 15 is 0 Å². The molecule has 3 nitrogen and oxygen atoms in total. The van der Waals surface area contributed by atoms with Crippen LogP contribution in [0.25, 0.3) is 0 Å². The Morgan fingerprint density at radius 1 is 1.53 bits per heavy atom. The summed E-state index contributed by atoms with van der Waals surface area (Å²) in [5, 5.41) is 3.86. The van der Waals surface area contributed by atoms with E-state index < -0.39 is 0 Å². The molecule has 1 heterocycles. The van der Waals surface area contributed by atoms with Crippen LogP contribution in [0.1, 0.15) is 18.9 Å². The lowest BCUT2D eigenvalue weighted by molar-refractivity contribution is 0.764. The Morgan fingerprint density at radius 2 is 2.27 bits per heavy atom. The Labute approximate surface area is 100 Å². The second kappa shape index (κ2) is 6.18. The minimum Gasteiger partial charge on any atom is -0.367 e. The van der Waals surface area contributed by atoms with Crippen LogP contribution in [-0.4, -0.2) is 28.0 Å². The van der Waals surface area contributed by atoms with Crippen LogP contribution in [0.15, 0.2) is 6.33 Å². The van der Waals surface area contributed by atoms with Crippen molar-refractivity contribution in [2.24, 2.45) is 0 Å². The molecule has 1 atom stereocenters. The van der Waals surface area contributed by atoms with Crippen molar-refractivity contribution in [3.63, 3.8) is 0 Å². The molecule has 0 radical (unpaired) electrons. The summed E-state index contributed by atoms with van der Waals surface area (Å²) in [6.07, 6.45) is 4.71. The number of nitrogens with zero attached hydrogens (tertiary/aromatic N) is 2. The number of anilines is 1. The second-order valence-electron chi connectivity index (χ2n) is 3.46. The Kier molecular flexibility index (Phi) is 5.19. The predicted octanol–water partition coefficient (Wildman–Crippen LogP) is 2.99. The van der Waals surface area contributed by atoms with E-state index in [0.29, 0.717) is 11.2 Å². The number of rotatable bonds is 5. The summed E-state index contributed by atoms with van der Waals surface area (Å²) in [5.41, 5.74) is 0.912. The topological polar surface area (TPSA) is 37.8 Å². The van der Waals surface area contributed by atoms with Crippen LogP contribution < -0.4 is 5.32 Å². The Morgan fingerprint density at radius 3 is 2.93 bits per heavy atom. The summed E-state index contributed by atoms with van der Waals surface area (Å²) in [6.45, 7) is 4.07. The molecule has 0 saturated carbocycles. The maximum Gasteiger partial charge on any atom is 0.137 e. The monoisotopic (exact) mass is 245 g/mol. The van der Waals surface area contributed by atoms with E-state index in [2.05, 4.69) is 28.5 Å². The van der Waals surface area contributed by atoms with E-state index in [0.717, 1.165) is 23.6 Å². The van der Waals surface area contributed by atoms with Gasteiger partial charge in [-0.25, -0.2) is 9.97 Å². The van der Waals surface area contributed by atoms with Crippen LogP contribution in [0.2, 0.25) is 5.15 Å². The van der Waals surface area contributed by atoms with E-state index in [1.807, 2.05) is 18.7 Å². The van der Waals surface area contributed by atoms with Crippen LogP contribution in [0.5, 0.6) is 0 Å². The smallest absolute Gasteiger partial charge is 0.137 e. The van der Waals surface area contributed by atoms with Gasteiger partial charge in [0.05, 0.1) is 0 Å². The molecular formula is C10H16ClN3S. The van der Waals surface area contributed by atoms with E-state index in [9.17, 15) is 0 Å². The summed E-state index contributed by atoms with van der Waals surface area (Å²) in [5.74, 6) is 1.98. The zero-order valence-electron chi connectivity index (χ0n) is 9.25. The number of aromatic nitrogens is 2. The van der Waals surface area contributed by atoms with E-state index in [1.54, 1.807) is 0 Å². The fourth-order valence-electron chi connectivity index (χ4n) is 1.17. The first-order valence-electron chi connectivity index (χ1n) is 4.87. The molecule has 0 aromatic carbocycles. The van der Waals surface area contributed by atoms with Crippen molar-refractivity contribution >= 4 is 29.2 Å². The summed E-state index contributed by atoms with van der Waals surface area (Å²) < 4.78 is 0. The molecule has 1 aromatic heterocycles. The molecule has 84 valence electrons. The van der Waals surface area contributed by atoms with Crippen molar-refractivity contribution in [2.75, 3.05) is 17.3 Å².